The highest BCUT2D eigenvalue weighted by molar-refractivity contribution is 5.82. The van der Waals surface area contributed by atoms with Crippen molar-refractivity contribution in [1.29, 1.82) is 0 Å². The molecule has 0 aliphatic carbocycles. The van der Waals surface area contributed by atoms with E-state index in [1.807, 2.05) is 5.32 Å². The number of alkyl halides is 6. The molecule has 1 aromatic carbocycles. The molecule has 1 heterocycles. The van der Waals surface area contributed by atoms with Crippen molar-refractivity contribution in [2.45, 2.75) is 51.2 Å². The van der Waals surface area contributed by atoms with Crippen LogP contribution < -0.4 is 5.32 Å². The fourth-order valence-corrected chi connectivity index (χ4v) is 2.77. The Bertz CT molecular complexity index is 1120. The van der Waals surface area contributed by atoms with Crippen LogP contribution in [0.25, 0.3) is 5.69 Å². The zero-order chi connectivity index (χ0) is 27.5. The summed E-state index contributed by atoms with van der Waals surface area (Å²) in [6, 6.07) is 1.74. The van der Waals surface area contributed by atoms with Crippen LogP contribution in [0.3, 0.4) is 0 Å². The van der Waals surface area contributed by atoms with E-state index in [4.69, 9.17) is 4.74 Å². The minimum Gasteiger partial charge on any atom is -0.454 e. The fourth-order valence-electron chi connectivity index (χ4n) is 2.77. The van der Waals surface area contributed by atoms with E-state index in [-0.39, 0.29) is 11.3 Å². The number of nitrogens with zero attached hydrogens (tertiary/aromatic N) is 3. The average molecular weight is 526 g/mol. The van der Waals surface area contributed by atoms with Gasteiger partial charge in [0.15, 0.2) is 6.61 Å². The SMILES string of the molecule is CC(C)(C)OC(=O)N[C@@H](Cc1cn(-c2cccc(C(F)(F)F)c2)nc1[N+](=O)[O-])C(=O)OCC(F)(F)F. The molecule has 2 rings (SSSR count). The lowest BCUT2D eigenvalue weighted by Crippen LogP contribution is -2.46. The second-order valence-electron chi connectivity index (χ2n) is 8.35. The molecule has 2 aromatic rings. The number of alkyl carbamates (subject to hydrolysis) is 1. The minimum absolute atomic E-state index is 0.226. The van der Waals surface area contributed by atoms with Crippen LogP contribution in [0.1, 0.15) is 31.9 Å². The van der Waals surface area contributed by atoms with Crippen LogP contribution in [0, 0.1) is 10.1 Å². The van der Waals surface area contributed by atoms with Crippen LogP contribution in [0.4, 0.5) is 37.0 Å². The normalized spacial score (nSPS) is 13.1. The Morgan fingerprint density at radius 2 is 1.81 bits per heavy atom. The van der Waals surface area contributed by atoms with Gasteiger partial charge in [0.05, 0.1) is 28.1 Å². The molecule has 0 aliphatic rings. The largest absolute Gasteiger partial charge is 0.454 e. The summed E-state index contributed by atoms with van der Waals surface area (Å²) in [7, 11) is 0. The third-order valence-electron chi connectivity index (χ3n) is 4.16. The number of aromatic nitrogens is 2. The first-order chi connectivity index (χ1) is 16.4. The Morgan fingerprint density at radius 3 is 2.33 bits per heavy atom. The molecule has 16 heteroatoms. The molecule has 0 aliphatic heterocycles. The minimum atomic E-state index is -4.90. The van der Waals surface area contributed by atoms with E-state index in [9.17, 15) is 46.0 Å². The quantitative estimate of drug-likeness (QED) is 0.246. The number of hydrogen-bond acceptors (Lipinski definition) is 7. The molecule has 0 saturated heterocycles. The highest BCUT2D eigenvalue weighted by Crippen LogP contribution is 2.31. The number of amides is 1. The van der Waals surface area contributed by atoms with Crippen LogP contribution in [0.2, 0.25) is 0 Å². The molecule has 36 heavy (non-hydrogen) atoms. The molecule has 198 valence electrons. The average Bonchev–Trinajstić information content (AvgIpc) is 3.13. The molecular formula is C20H20F6N4O6. The van der Waals surface area contributed by atoms with Crippen LogP contribution in [0.15, 0.2) is 30.5 Å². The summed E-state index contributed by atoms with van der Waals surface area (Å²) >= 11 is 0. The van der Waals surface area contributed by atoms with E-state index in [0.29, 0.717) is 6.07 Å². The summed E-state index contributed by atoms with van der Waals surface area (Å²) < 4.78 is 86.4. The number of rotatable bonds is 7. The number of esters is 1. The standard InChI is InChI=1S/C20H20F6N4O6/c1-18(2,3)36-17(32)27-14(16(31)35-10-19(21,22)23)7-11-9-29(28-15(11)30(33)34)13-6-4-5-12(8-13)20(24,25)26/h4-6,8-9,14H,7,10H2,1-3H3,(H,27,32)/t14-/m0/s1. The number of hydrogen-bond donors (Lipinski definition) is 1. The molecule has 10 nitrogen and oxygen atoms in total. The first-order valence-electron chi connectivity index (χ1n) is 9.99. The smallest absolute Gasteiger partial charge is 0.422 e. The van der Waals surface area contributed by atoms with Gasteiger partial charge in [-0.25, -0.2) is 9.59 Å². The number of benzene rings is 1. The molecular weight excluding hydrogens is 506 g/mol. The van der Waals surface area contributed by atoms with Crippen LogP contribution in [0.5, 0.6) is 0 Å². The number of nitro groups is 1. The monoisotopic (exact) mass is 526 g/mol. The third-order valence-corrected chi connectivity index (χ3v) is 4.16. The fraction of sp³-hybridized carbons (Fsp3) is 0.450. The summed E-state index contributed by atoms with van der Waals surface area (Å²) in [5.41, 5.74) is -2.75. The summed E-state index contributed by atoms with van der Waals surface area (Å²) in [6.45, 7) is 2.40. The molecule has 0 bridgehead atoms. The topological polar surface area (TPSA) is 126 Å². The molecule has 0 fully saturated rings. The molecule has 1 amide bonds. The maximum atomic E-state index is 13.0. The van der Waals surface area contributed by atoms with Crippen molar-refractivity contribution in [1.82, 2.24) is 15.1 Å². The summed E-state index contributed by atoms with van der Waals surface area (Å²) in [6.07, 6.45) is -10.7. The van der Waals surface area contributed by atoms with Gasteiger partial charge in [-0.15, -0.1) is 4.68 Å². The Hall–Kier alpha value is -3.85. The zero-order valence-electron chi connectivity index (χ0n) is 18.9. The lowest BCUT2D eigenvalue weighted by molar-refractivity contribution is -0.390. The second-order valence-corrected chi connectivity index (χ2v) is 8.35. The molecule has 1 aromatic heterocycles. The Morgan fingerprint density at radius 1 is 1.17 bits per heavy atom. The van der Waals surface area contributed by atoms with Crippen LogP contribution in [-0.2, 0) is 26.9 Å². The maximum Gasteiger partial charge on any atom is 0.422 e. The Labute approximate surface area is 199 Å². The van der Waals surface area contributed by atoms with Crippen LogP contribution >= 0.6 is 0 Å². The molecule has 0 saturated carbocycles. The van der Waals surface area contributed by atoms with Crippen LogP contribution in [-0.4, -0.2) is 51.2 Å². The van der Waals surface area contributed by atoms with E-state index < -0.39 is 65.4 Å². The predicted octanol–water partition coefficient (Wildman–Crippen LogP) is 4.34. The molecule has 0 unspecified atom stereocenters. The first-order valence-corrected chi connectivity index (χ1v) is 9.99. The van der Waals surface area contributed by atoms with Crippen molar-refractivity contribution in [2.24, 2.45) is 0 Å². The first kappa shape index (κ1) is 28.4. The van der Waals surface area contributed by atoms with Crippen molar-refractivity contribution in [3.05, 3.63) is 51.7 Å². The van der Waals surface area contributed by atoms with E-state index in [0.717, 1.165) is 23.0 Å². The van der Waals surface area contributed by atoms with E-state index in [1.165, 1.54) is 26.8 Å². The lowest BCUT2D eigenvalue weighted by Gasteiger charge is -2.22. The van der Waals surface area contributed by atoms with Gasteiger partial charge < -0.3 is 24.9 Å². The van der Waals surface area contributed by atoms with Gasteiger partial charge in [-0.2, -0.15) is 26.3 Å². The number of halogens is 6. The summed E-state index contributed by atoms with van der Waals surface area (Å²) in [5, 5.41) is 17.1. The summed E-state index contributed by atoms with van der Waals surface area (Å²) in [4.78, 5) is 34.9. The van der Waals surface area contributed by atoms with Crippen molar-refractivity contribution in [2.75, 3.05) is 6.61 Å². The number of nitrogens with one attached hydrogen (secondary N) is 1. The van der Waals surface area contributed by atoms with Crippen molar-refractivity contribution >= 4 is 17.9 Å². The molecule has 0 spiro atoms. The van der Waals surface area contributed by atoms with E-state index in [1.54, 1.807) is 0 Å². The molecule has 0 radical (unpaired) electrons. The van der Waals surface area contributed by atoms with E-state index in [2.05, 4.69) is 9.84 Å². The van der Waals surface area contributed by atoms with Crippen molar-refractivity contribution < 1.29 is 50.3 Å². The van der Waals surface area contributed by atoms with Gasteiger partial charge >= 0.3 is 30.2 Å². The van der Waals surface area contributed by atoms with Gasteiger partial charge in [-0.3, -0.25) is 0 Å². The van der Waals surface area contributed by atoms with Crippen molar-refractivity contribution in [3.63, 3.8) is 0 Å². The zero-order valence-corrected chi connectivity index (χ0v) is 18.9. The Kier molecular flexibility index (Phi) is 8.21. The highest BCUT2D eigenvalue weighted by atomic mass is 19.4. The van der Waals surface area contributed by atoms with Gasteiger partial charge in [0, 0.05) is 6.42 Å². The predicted molar refractivity (Wildman–Crippen MR) is 109 cm³/mol. The maximum absolute atomic E-state index is 13.0. The molecule has 1 N–H and O–H groups in total. The lowest BCUT2D eigenvalue weighted by atomic mass is 10.1. The number of carbonyl (C=O) groups is 2. The Balaban J connectivity index is 2.42. The second kappa shape index (κ2) is 10.4. The van der Waals surface area contributed by atoms with Gasteiger partial charge in [-0.1, -0.05) is 6.07 Å². The number of carbonyl (C=O) groups excluding carboxylic acids is 2. The van der Waals surface area contributed by atoms with Gasteiger partial charge in [0.25, 0.3) is 0 Å². The highest BCUT2D eigenvalue weighted by Gasteiger charge is 2.35. The molecule has 1 atom stereocenters. The third kappa shape index (κ3) is 8.42. The van der Waals surface area contributed by atoms with E-state index >= 15 is 0 Å². The van der Waals surface area contributed by atoms with Gasteiger partial charge in [0.1, 0.15) is 11.6 Å². The van der Waals surface area contributed by atoms with Crippen molar-refractivity contribution in [3.8, 4) is 5.69 Å². The van der Waals surface area contributed by atoms with Gasteiger partial charge in [-0.05, 0) is 43.9 Å². The summed E-state index contributed by atoms with van der Waals surface area (Å²) in [5.74, 6) is -2.49. The van der Waals surface area contributed by atoms with Gasteiger partial charge in [0.2, 0.25) is 0 Å². The number of ether oxygens (including phenoxy) is 2.